The van der Waals surface area contributed by atoms with Gasteiger partial charge in [-0.1, -0.05) is 0 Å². The number of rotatable bonds is 2. The second-order valence-electron chi connectivity index (χ2n) is 3.93. The van der Waals surface area contributed by atoms with Crippen LogP contribution in [0.5, 0.6) is 0 Å². The molecule has 0 bridgehead atoms. The largest absolute Gasteiger partial charge is 0.326 e. The molecule has 1 aliphatic rings. The maximum atomic E-state index is 12.9. The van der Waals surface area contributed by atoms with E-state index in [-0.39, 0.29) is 43.4 Å². The van der Waals surface area contributed by atoms with E-state index in [0.29, 0.717) is 13.0 Å². The van der Waals surface area contributed by atoms with Crippen molar-refractivity contribution in [1.82, 2.24) is 5.32 Å². The van der Waals surface area contributed by atoms with Gasteiger partial charge in [0.2, 0.25) is 5.91 Å². The van der Waals surface area contributed by atoms with Crippen LogP contribution in [0.2, 0.25) is 0 Å². The second kappa shape index (κ2) is 7.62. The van der Waals surface area contributed by atoms with E-state index in [0.717, 1.165) is 18.7 Å². The Balaban J connectivity index is 0.00000162. The summed E-state index contributed by atoms with van der Waals surface area (Å²) in [6.07, 6.45) is 0.679. The number of carbonyl (C=O) groups is 1. The third kappa shape index (κ3) is 4.29. The number of nitrogens with one attached hydrogen (secondary N) is 2. The van der Waals surface area contributed by atoms with Gasteiger partial charge in [-0.05, 0) is 13.0 Å². The first-order valence-electron chi connectivity index (χ1n) is 5.24. The van der Waals surface area contributed by atoms with Crippen molar-refractivity contribution in [1.29, 1.82) is 0 Å². The Morgan fingerprint density at radius 1 is 1.26 bits per heavy atom. The van der Waals surface area contributed by atoms with Crippen molar-refractivity contribution in [2.45, 2.75) is 6.42 Å². The zero-order valence-electron chi connectivity index (χ0n) is 9.80. The third-order valence-corrected chi connectivity index (χ3v) is 2.68. The Hall–Kier alpha value is -0.920. The molecule has 1 heterocycles. The molecule has 1 amide bonds. The lowest BCUT2D eigenvalue weighted by molar-refractivity contribution is -0.119. The van der Waals surface area contributed by atoms with Gasteiger partial charge in [0, 0.05) is 24.4 Å². The van der Waals surface area contributed by atoms with Gasteiger partial charge >= 0.3 is 0 Å². The summed E-state index contributed by atoms with van der Waals surface area (Å²) < 4.78 is 38.5. The summed E-state index contributed by atoms with van der Waals surface area (Å²) in [5.74, 6) is -4.70. The van der Waals surface area contributed by atoms with Crippen molar-refractivity contribution in [2.75, 3.05) is 18.4 Å². The highest BCUT2D eigenvalue weighted by Crippen LogP contribution is 2.19. The Morgan fingerprint density at radius 2 is 1.84 bits per heavy atom. The topological polar surface area (TPSA) is 41.1 Å². The zero-order valence-corrected chi connectivity index (χ0v) is 11.6. The molecule has 8 heteroatoms. The second-order valence-corrected chi connectivity index (χ2v) is 3.93. The monoisotopic (exact) mass is 314 g/mol. The van der Waals surface area contributed by atoms with E-state index in [1.807, 2.05) is 0 Å². The van der Waals surface area contributed by atoms with E-state index in [2.05, 4.69) is 10.6 Å². The minimum Gasteiger partial charge on any atom is -0.326 e. The van der Waals surface area contributed by atoms with Gasteiger partial charge in [0.1, 0.15) is 0 Å². The molecule has 0 saturated carbocycles. The summed E-state index contributed by atoms with van der Waals surface area (Å²) in [6.45, 7) is 1.28. The van der Waals surface area contributed by atoms with Crippen LogP contribution in [0.1, 0.15) is 6.42 Å². The van der Waals surface area contributed by atoms with Gasteiger partial charge in [0.05, 0.1) is 5.92 Å². The molecule has 108 valence electrons. The molecule has 3 nitrogen and oxygen atoms in total. The first kappa shape index (κ1) is 18.1. The fourth-order valence-corrected chi connectivity index (χ4v) is 1.75. The van der Waals surface area contributed by atoms with Crippen LogP contribution in [-0.2, 0) is 4.79 Å². The Labute approximate surface area is 121 Å². The lowest BCUT2D eigenvalue weighted by atomic mass is 10.1. The summed E-state index contributed by atoms with van der Waals surface area (Å²) in [4.78, 5) is 11.6. The Morgan fingerprint density at radius 3 is 2.32 bits per heavy atom. The molecule has 1 aromatic carbocycles. The molecule has 0 spiro atoms. The number of hydrogen-bond acceptors (Lipinski definition) is 2. The van der Waals surface area contributed by atoms with Gasteiger partial charge in [0.15, 0.2) is 17.5 Å². The summed E-state index contributed by atoms with van der Waals surface area (Å²) >= 11 is 0. The highest BCUT2D eigenvalue weighted by molar-refractivity contribution is 7.59. The van der Waals surface area contributed by atoms with E-state index in [1.54, 1.807) is 0 Å². The van der Waals surface area contributed by atoms with Crippen LogP contribution in [0.15, 0.2) is 12.1 Å². The predicted octanol–water partition coefficient (Wildman–Crippen LogP) is 2.19. The van der Waals surface area contributed by atoms with Crippen molar-refractivity contribution in [3.63, 3.8) is 0 Å². The van der Waals surface area contributed by atoms with Crippen molar-refractivity contribution >= 4 is 37.5 Å². The van der Waals surface area contributed by atoms with E-state index in [4.69, 9.17) is 0 Å². The normalized spacial score (nSPS) is 17.3. The lowest BCUT2D eigenvalue weighted by Gasteiger charge is -2.10. The smallest absolute Gasteiger partial charge is 0.228 e. The van der Waals surface area contributed by atoms with E-state index >= 15 is 0 Å². The number of halogens is 4. The van der Waals surface area contributed by atoms with E-state index in [1.165, 1.54) is 0 Å². The molecule has 1 aliphatic heterocycles. The van der Waals surface area contributed by atoms with Crippen LogP contribution in [-0.4, -0.2) is 19.0 Å². The van der Waals surface area contributed by atoms with Crippen LogP contribution in [0, 0.1) is 23.4 Å². The number of hydrogen-bond donors (Lipinski definition) is 2. The predicted molar refractivity (Wildman–Crippen MR) is 73.6 cm³/mol. The minimum absolute atomic E-state index is 0. The molecule has 2 rings (SSSR count). The summed E-state index contributed by atoms with van der Waals surface area (Å²) in [7, 11) is 0. The maximum absolute atomic E-state index is 12.9. The molecular weight excluding hydrogens is 301 g/mol. The quantitative estimate of drug-likeness (QED) is 0.822. The lowest BCUT2D eigenvalue weighted by Crippen LogP contribution is -2.24. The van der Waals surface area contributed by atoms with Gasteiger partial charge in [-0.15, -0.1) is 12.4 Å². The van der Waals surface area contributed by atoms with Crippen LogP contribution in [0.25, 0.3) is 0 Å². The first-order chi connectivity index (χ1) is 8.08. The van der Waals surface area contributed by atoms with Gasteiger partial charge in [-0.2, -0.15) is 13.5 Å². The fraction of sp³-hybridized carbons (Fsp3) is 0.364. The van der Waals surface area contributed by atoms with Gasteiger partial charge in [-0.3, -0.25) is 4.79 Å². The van der Waals surface area contributed by atoms with Crippen LogP contribution >= 0.6 is 25.9 Å². The zero-order chi connectivity index (χ0) is 12.4. The number of amides is 1. The molecule has 19 heavy (non-hydrogen) atoms. The Kier molecular flexibility index (Phi) is 7.25. The average Bonchev–Trinajstić information content (AvgIpc) is 2.79. The first-order valence-corrected chi connectivity index (χ1v) is 5.24. The van der Waals surface area contributed by atoms with Crippen molar-refractivity contribution in [3.8, 4) is 0 Å². The summed E-state index contributed by atoms with van der Waals surface area (Å²) in [6, 6.07) is 1.53. The van der Waals surface area contributed by atoms with Crippen LogP contribution in [0.4, 0.5) is 18.9 Å². The van der Waals surface area contributed by atoms with E-state index < -0.39 is 17.5 Å². The third-order valence-electron chi connectivity index (χ3n) is 2.68. The fourth-order valence-electron chi connectivity index (χ4n) is 1.75. The molecule has 0 radical (unpaired) electrons. The van der Waals surface area contributed by atoms with Gasteiger partial charge < -0.3 is 10.6 Å². The van der Waals surface area contributed by atoms with Crippen molar-refractivity contribution in [2.24, 2.45) is 5.92 Å². The molecule has 1 saturated heterocycles. The van der Waals surface area contributed by atoms with Crippen LogP contribution < -0.4 is 10.6 Å². The summed E-state index contributed by atoms with van der Waals surface area (Å²) in [5, 5.41) is 5.37. The highest BCUT2D eigenvalue weighted by Gasteiger charge is 2.23. The maximum Gasteiger partial charge on any atom is 0.228 e. The molecule has 2 N–H and O–H groups in total. The Bertz CT molecular complexity index is 433. The molecule has 0 aliphatic carbocycles. The standard InChI is InChI=1S/C11H11F3N2O.ClH.H2S/c12-8-3-7(4-9(13)10(8)14)16-11(17)6-1-2-15-5-6;;/h3-4,6,15H,1-2,5H2,(H,16,17);1H;1H2/t6-;;/m0../s1. The molecule has 1 aromatic rings. The van der Waals surface area contributed by atoms with Crippen molar-refractivity contribution in [3.05, 3.63) is 29.6 Å². The molecule has 0 unspecified atom stereocenters. The number of anilines is 1. The van der Waals surface area contributed by atoms with Gasteiger partial charge in [0.25, 0.3) is 0 Å². The molecule has 1 fully saturated rings. The van der Waals surface area contributed by atoms with Crippen molar-refractivity contribution < 1.29 is 18.0 Å². The average molecular weight is 315 g/mol. The highest BCUT2D eigenvalue weighted by atomic mass is 35.5. The summed E-state index contributed by atoms with van der Waals surface area (Å²) in [5.41, 5.74) is -0.0710. The van der Waals surface area contributed by atoms with E-state index in [9.17, 15) is 18.0 Å². The SMILES string of the molecule is Cl.O=C(Nc1cc(F)c(F)c(F)c1)[C@H]1CCNC1.S. The number of carbonyl (C=O) groups excluding carboxylic acids is 1. The minimum atomic E-state index is -1.54. The molecule has 1 atom stereocenters. The van der Waals surface area contributed by atoms with Crippen LogP contribution in [0.3, 0.4) is 0 Å². The van der Waals surface area contributed by atoms with Gasteiger partial charge in [-0.25, -0.2) is 13.2 Å². The number of benzene rings is 1. The molecule has 0 aromatic heterocycles. The molecular formula is C11H14ClF3N2OS.